The molecular formula is C13H17N3O. The molecule has 0 saturated heterocycles. The normalized spacial score (nSPS) is 14.5. The van der Waals surface area contributed by atoms with Crippen molar-refractivity contribution < 1.29 is 5.11 Å². The average Bonchev–Trinajstić information content (AvgIpc) is 2.77. The number of hydrogen-bond donors (Lipinski definition) is 2. The van der Waals surface area contributed by atoms with E-state index in [1.165, 1.54) is 0 Å². The van der Waals surface area contributed by atoms with Crippen LogP contribution in [0.4, 0.5) is 0 Å². The first-order valence-corrected chi connectivity index (χ1v) is 5.59. The van der Waals surface area contributed by atoms with Gasteiger partial charge in [-0.2, -0.15) is 0 Å². The quantitative estimate of drug-likeness (QED) is 0.832. The van der Waals surface area contributed by atoms with Crippen molar-refractivity contribution in [3.63, 3.8) is 0 Å². The molecule has 0 spiro atoms. The van der Waals surface area contributed by atoms with Crippen LogP contribution >= 0.6 is 0 Å². The van der Waals surface area contributed by atoms with Gasteiger partial charge in [0.25, 0.3) is 0 Å². The van der Waals surface area contributed by atoms with Crippen LogP contribution in [-0.2, 0) is 6.54 Å². The predicted octanol–water partition coefficient (Wildman–Crippen LogP) is 1.26. The molecule has 1 aromatic heterocycles. The van der Waals surface area contributed by atoms with Gasteiger partial charge in [0.05, 0.1) is 12.1 Å². The highest BCUT2D eigenvalue weighted by atomic mass is 16.3. The van der Waals surface area contributed by atoms with Crippen molar-refractivity contribution in [3.8, 4) is 11.4 Å². The average molecular weight is 231 g/mol. The molecule has 3 N–H and O–H groups in total. The van der Waals surface area contributed by atoms with Crippen LogP contribution in [0.3, 0.4) is 0 Å². The summed E-state index contributed by atoms with van der Waals surface area (Å²) in [4.78, 5) is 4.33. The van der Waals surface area contributed by atoms with Crippen LogP contribution in [0, 0.1) is 0 Å². The van der Waals surface area contributed by atoms with Gasteiger partial charge in [0.15, 0.2) is 0 Å². The van der Waals surface area contributed by atoms with Crippen molar-refractivity contribution in [2.24, 2.45) is 5.73 Å². The fourth-order valence-corrected chi connectivity index (χ4v) is 1.72. The lowest BCUT2D eigenvalue weighted by atomic mass is 10.1. The molecule has 4 nitrogen and oxygen atoms in total. The van der Waals surface area contributed by atoms with Crippen molar-refractivity contribution in [1.82, 2.24) is 9.55 Å². The molecule has 0 saturated carbocycles. The minimum absolute atomic E-state index is 0.0561. The van der Waals surface area contributed by atoms with Gasteiger partial charge in [-0.3, -0.25) is 0 Å². The van der Waals surface area contributed by atoms with Gasteiger partial charge in [-0.25, -0.2) is 4.98 Å². The van der Waals surface area contributed by atoms with Gasteiger partial charge < -0.3 is 15.4 Å². The van der Waals surface area contributed by atoms with E-state index in [1.807, 2.05) is 48.0 Å². The van der Waals surface area contributed by atoms with E-state index in [1.54, 1.807) is 6.20 Å². The lowest BCUT2D eigenvalue weighted by Gasteiger charge is -2.23. The van der Waals surface area contributed by atoms with E-state index in [2.05, 4.69) is 4.98 Å². The zero-order chi connectivity index (χ0) is 12.3. The van der Waals surface area contributed by atoms with Gasteiger partial charge in [0.1, 0.15) is 5.82 Å². The summed E-state index contributed by atoms with van der Waals surface area (Å²) in [5.41, 5.74) is 6.37. The summed E-state index contributed by atoms with van der Waals surface area (Å²) in [5, 5.41) is 9.20. The van der Waals surface area contributed by atoms with E-state index >= 15 is 0 Å². The maximum absolute atomic E-state index is 9.20. The summed E-state index contributed by atoms with van der Waals surface area (Å²) in [6.45, 7) is 2.30. The third-order valence-corrected chi connectivity index (χ3v) is 2.64. The van der Waals surface area contributed by atoms with E-state index in [0.29, 0.717) is 6.54 Å². The Kier molecular flexibility index (Phi) is 3.26. The number of rotatable bonds is 4. The number of imidazole rings is 1. The maximum atomic E-state index is 9.20. The smallest absolute Gasteiger partial charge is 0.139 e. The van der Waals surface area contributed by atoms with E-state index in [4.69, 9.17) is 5.73 Å². The Labute approximate surface area is 101 Å². The van der Waals surface area contributed by atoms with Crippen LogP contribution in [0.2, 0.25) is 0 Å². The number of hydrogen-bond acceptors (Lipinski definition) is 3. The summed E-state index contributed by atoms with van der Waals surface area (Å²) in [5.74, 6) is 0.871. The molecule has 0 aliphatic heterocycles. The Bertz CT molecular complexity index is 476. The Morgan fingerprint density at radius 1 is 1.35 bits per heavy atom. The second-order valence-electron chi connectivity index (χ2n) is 4.56. The van der Waals surface area contributed by atoms with Gasteiger partial charge in [0, 0.05) is 24.5 Å². The third kappa shape index (κ3) is 2.72. The Morgan fingerprint density at radius 3 is 2.71 bits per heavy atom. The second-order valence-corrected chi connectivity index (χ2v) is 4.56. The number of benzene rings is 1. The molecule has 0 aliphatic rings. The van der Waals surface area contributed by atoms with Crippen molar-refractivity contribution >= 4 is 0 Å². The summed E-state index contributed by atoms with van der Waals surface area (Å²) in [7, 11) is 0. The minimum atomic E-state index is -0.635. The molecule has 4 heteroatoms. The summed E-state index contributed by atoms with van der Waals surface area (Å²) >= 11 is 0. The van der Waals surface area contributed by atoms with E-state index in [0.717, 1.165) is 11.4 Å². The minimum Gasteiger partial charge on any atom is -0.394 e. The fourth-order valence-electron chi connectivity index (χ4n) is 1.72. The highest BCUT2D eigenvalue weighted by Crippen LogP contribution is 2.18. The van der Waals surface area contributed by atoms with E-state index in [-0.39, 0.29) is 6.61 Å². The van der Waals surface area contributed by atoms with Crippen molar-refractivity contribution in [2.75, 3.05) is 6.61 Å². The van der Waals surface area contributed by atoms with Crippen LogP contribution in [0.25, 0.3) is 11.4 Å². The first kappa shape index (κ1) is 11.8. The Balaban J connectivity index is 2.30. The Morgan fingerprint density at radius 2 is 2.06 bits per heavy atom. The predicted molar refractivity (Wildman–Crippen MR) is 67.3 cm³/mol. The molecule has 17 heavy (non-hydrogen) atoms. The van der Waals surface area contributed by atoms with Gasteiger partial charge in [-0.15, -0.1) is 0 Å². The largest absolute Gasteiger partial charge is 0.394 e. The topological polar surface area (TPSA) is 64.1 Å². The lowest BCUT2D eigenvalue weighted by Crippen LogP contribution is -2.44. The molecule has 0 radical (unpaired) electrons. The molecule has 90 valence electrons. The number of aromatic nitrogens is 2. The van der Waals surface area contributed by atoms with Crippen LogP contribution in [-0.4, -0.2) is 26.8 Å². The SMILES string of the molecule is CC(N)(CO)Cn1ccnc1-c1ccccc1. The molecule has 0 amide bonds. The van der Waals surface area contributed by atoms with Gasteiger partial charge >= 0.3 is 0 Å². The number of aliphatic hydroxyl groups is 1. The van der Waals surface area contributed by atoms with E-state index < -0.39 is 5.54 Å². The molecule has 0 bridgehead atoms. The van der Waals surface area contributed by atoms with Crippen LogP contribution in [0.5, 0.6) is 0 Å². The number of nitrogens with zero attached hydrogens (tertiary/aromatic N) is 2. The molecule has 0 aliphatic carbocycles. The summed E-state index contributed by atoms with van der Waals surface area (Å²) in [6.07, 6.45) is 3.62. The van der Waals surface area contributed by atoms with Crippen molar-refractivity contribution in [2.45, 2.75) is 19.0 Å². The number of aliphatic hydroxyl groups excluding tert-OH is 1. The van der Waals surface area contributed by atoms with Gasteiger partial charge in [-0.05, 0) is 6.92 Å². The zero-order valence-corrected chi connectivity index (χ0v) is 9.87. The molecule has 2 aromatic rings. The standard InChI is InChI=1S/C13H17N3O/c1-13(14,10-17)9-16-8-7-15-12(16)11-5-3-2-4-6-11/h2-8,17H,9-10,14H2,1H3. The monoisotopic (exact) mass is 231 g/mol. The highest BCUT2D eigenvalue weighted by Gasteiger charge is 2.19. The zero-order valence-electron chi connectivity index (χ0n) is 9.87. The first-order chi connectivity index (χ1) is 8.12. The number of nitrogens with two attached hydrogens (primary N) is 1. The van der Waals surface area contributed by atoms with Crippen LogP contribution in [0.15, 0.2) is 42.7 Å². The van der Waals surface area contributed by atoms with Crippen LogP contribution < -0.4 is 5.73 Å². The third-order valence-electron chi connectivity index (χ3n) is 2.64. The maximum Gasteiger partial charge on any atom is 0.139 e. The molecular weight excluding hydrogens is 214 g/mol. The highest BCUT2D eigenvalue weighted by molar-refractivity contribution is 5.55. The summed E-state index contributed by atoms with van der Waals surface area (Å²) in [6, 6.07) is 9.93. The molecule has 1 heterocycles. The van der Waals surface area contributed by atoms with Gasteiger partial charge in [0.2, 0.25) is 0 Å². The van der Waals surface area contributed by atoms with Crippen LogP contribution in [0.1, 0.15) is 6.92 Å². The van der Waals surface area contributed by atoms with Crippen molar-refractivity contribution in [1.29, 1.82) is 0 Å². The molecule has 2 rings (SSSR count). The first-order valence-electron chi connectivity index (χ1n) is 5.59. The molecule has 0 fully saturated rings. The summed E-state index contributed by atoms with van der Waals surface area (Å²) < 4.78 is 1.96. The fraction of sp³-hybridized carbons (Fsp3) is 0.308. The lowest BCUT2D eigenvalue weighted by molar-refractivity contribution is 0.192. The molecule has 1 aromatic carbocycles. The Hall–Kier alpha value is -1.65. The van der Waals surface area contributed by atoms with Gasteiger partial charge in [-0.1, -0.05) is 30.3 Å². The van der Waals surface area contributed by atoms with Crippen molar-refractivity contribution in [3.05, 3.63) is 42.7 Å². The second kappa shape index (κ2) is 4.69. The van der Waals surface area contributed by atoms with E-state index in [9.17, 15) is 5.11 Å². The molecule has 1 atom stereocenters. The molecule has 1 unspecified atom stereocenters.